The van der Waals surface area contributed by atoms with Gasteiger partial charge in [0.2, 0.25) is 5.91 Å². The maximum atomic E-state index is 11.5. The fourth-order valence-corrected chi connectivity index (χ4v) is 2.71. The van der Waals surface area contributed by atoms with Gasteiger partial charge in [0.1, 0.15) is 0 Å². The van der Waals surface area contributed by atoms with E-state index in [2.05, 4.69) is 17.6 Å². The molecule has 2 aliphatic carbocycles. The van der Waals surface area contributed by atoms with Crippen LogP contribution in [0.25, 0.3) is 0 Å². The lowest BCUT2D eigenvalue weighted by molar-refractivity contribution is -0.121. The van der Waals surface area contributed by atoms with Crippen molar-refractivity contribution >= 4 is 5.91 Å². The molecule has 2 fully saturated rings. The maximum absolute atomic E-state index is 11.5. The highest BCUT2D eigenvalue weighted by Gasteiger charge is 2.23. The molecule has 17 heavy (non-hydrogen) atoms. The third-order valence-corrected chi connectivity index (χ3v) is 4.17. The van der Waals surface area contributed by atoms with Gasteiger partial charge in [0.25, 0.3) is 0 Å². The van der Waals surface area contributed by atoms with Crippen LogP contribution in [0.15, 0.2) is 0 Å². The summed E-state index contributed by atoms with van der Waals surface area (Å²) in [6.07, 6.45) is 8.53. The first-order valence-corrected chi connectivity index (χ1v) is 7.26. The molecule has 0 saturated heterocycles. The summed E-state index contributed by atoms with van der Waals surface area (Å²) in [5.74, 6) is 1.91. The normalized spacial score (nSPS) is 29.0. The van der Waals surface area contributed by atoms with Crippen molar-refractivity contribution in [1.29, 1.82) is 0 Å². The van der Waals surface area contributed by atoms with Gasteiger partial charge in [-0.15, -0.1) is 0 Å². The molecule has 0 aromatic heterocycles. The predicted octanol–water partition coefficient (Wildman–Crippen LogP) is 2.07. The average Bonchev–Trinajstić information content (AvgIpc) is 3.10. The largest absolute Gasteiger partial charge is 0.353 e. The second-order valence-corrected chi connectivity index (χ2v) is 5.82. The lowest BCUT2D eigenvalue weighted by Gasteiger charge is -2.28. The molecular weight excluding hydrogens is 212 g/mol. The molecule has 0 aromatic rings. The Hall–Kier alpha value is -0.570. The summed E-state index contributed by atoms with van der Waals surface area (Å²) in [5, 5.41) is 6.47. The van der Waals surface area contributed by atoms with Gasteiger partial charge in [-0.1, -0.05) is 26.2 Å². The Morgan fingerprint density at radius 3 is 2.65 bits per heavy atom. The molecule has 0 bridgehead atoms. The predicted molar refractivity (Wildman–Crippen MR) is 69.8 cm³/mol. The minimum Gasteiger partial charge on any atom is -0.353 e. The number of carbonyl (C=O) groups is 1. The van der Waals surface area contributed by atoms with Gasteiger partial charge in [0.05, 0.1) is 0 Å². The molecule has 0 aliphatic heterocycles. The molecule has 98 valence electrons. The van der Waals surface area contributed by atoms with E-state index in [9.17, 15) is 4.79 Å². The van der Waals surface area contributed by atoms with Crippen molar-refractivity contribution < 1.29 is 4.79 Å². The lowest BCUT2D eigenvalue weighted by atomic mass is 9.80. The van der Waals surface area contributed by atoms with Crippen molar-refractivity contribution in [2.45, 2.75) is 57.9 Å². The Balaban J connectivity index is 1.51. The number of hydrogen-bond donors (Lipinski definition) is 2. The minimum atomic E-state index is 0.219. The molecule has 0 radical (unpaired) electrons. The van der Waals surface area contributed by atoms with E-state index in [1.54, 1.807) is 0 Å². The Kier molecular flexibility index (Phi) is 4.84. The maximum Gasteiger partial charge on any atom is 0.221 e. The summed E-state index contributed by atoms with van der Waals surface area (Å²) < 4.78 is 0. The van der Waals surface area contributed by atoms with Crippen LogP contribution in [0.3, 0.4) is 0 Å². The molecule has 2 saturated carbocycles. The van der Waals surface area contributed by atoms with E-state index in [-0.39, 0.29) is 5.91 Å². The van der Waals surface area contributed by atoms with Gasteiger partial charge in [0.15, 0.2) is 0 Å². The quantitative estimate of drug-likeness (QED) is 0.696. The Labute approximate surface area is 105 Å². The Morgan fingerprint density at radius 1 is 1.18 bits per heavy atom. The van der Waals surface area contributed by atoms with Crippen LogP contribution in [0.2, 0.25) is 0 Å². The first-order valence-electron chi connectivity index (χ1n) is 7.26. The van der Waals surface area contributed by atoms with E-state index < -0.39 is 0 Å². The van der Waals surface area contributed by atoms with Gasteiger partial charge in [-0.25, -0.2) is 0 Å². The van der Waals surface area contributed by atoms with Crippen LogP contribution >= 0.6 is 0 Å². The molecule has 0 aromatic carbocycles. The molecule has 2 atom stereocenters. The van der Waals surface area contributed by atoms with Crippen molar-refractivity contribution in [2.24, 2.45) is 11.8 Å². The zero-order valence-corrected chi connectivity index (χ0v) is 11.0. The Morgan fingerprint density at radius 2 is 1.94 bits per heavy atom. The summed E-state index contributed by atoms with van der Waals surface area (Å²) in [6.45, 7) is 4.30. The van der Waals surface area contributed by atoms with E-state index in [0.717, 1.165) is 24.9 Å². The van der Waals surface area contributed by atoms with Gasteiger partial charge in [-0.3, -0.25) is 4.79 Å². The minimum absolute atomic E-state index is 0.219. The summed E-state index contributed by atoms with van der Waals surface area (Å²) in [5.41, 5.74) is 0. The highest BCUT2D eigenvalue weighted by atomic mass is 16.1. The third-order valence-electron chi connectivity index (χ3n) is 4.17. The second-order valence-electron chi connectivity index (χ2n) is 5.82. The van der Waals surface area contributed by atoms with Crippen LogP contribution in [-0.4, -0.2) is 25.0 Å². The molecule has 3 heteroatoms. The van der Waals surface area contributed by atoms with Crippen LogP contribution in [0.1, 0.15) is 51.9 Å². The molecule has 2 rings (SSSR count). The molecule has 1 amide bonds. The fourth-order valence-electron chi connectivity index (χ4n) is 2.71. The van der Waals surface area contributed by atoms with Crippen molar-refractivity contribution in [3.63, 3.8) is 0 Å². The summed E-state index contributed by atoms with van der Waals surface area (Å²) in [7, 11) is 0. The topological polar surface area (TPSA) is 41.1 Å². The van der Waals surface area contributed by atoms with E-state index in [4.69, 9.17) is 0 Å². The van der Waals surface area contributed by atoms with E-state index >= 15 is 0 Å². The zero-order valence-electron chi connectivity index (χ0n) is 11.0. The number of rotatable bonds is 6. The van der Waals surface area contributed by atoms with E-state index in [1.807, 2.05) is 0 Å². The van der Waals surface area contributed by atoms with Gasteiger partial charge < -0.3 is 10.6 Å². The smallest absolute Gasteiger partial charge is 0.221 e. The van der Waals surface area contributed by atoms with E-state index in [1.165, 1.54) is 38.5 Å². The van der Waals surface area contributed by atoms with E-state index in [0.29, 0.717) is 12.5 Å². The molecule has 0 spiro atoms. The number of amides is 1. The van der Waals surface area contributed by atoms with Crippen LogP contribution in [-0.2, 0) is 4.79 Å². The highest BCUT2D eigenvalue weighted by Crippen LogP contribution is 2.28. The average molecular weight is 238 g/mol. The highest BCUT2D eigenvalue weighted by molar-refractivity contribution is 5.76. The van der Waals surface area contributed by atoms with Crippen molar-refractivity contribution in [3.05, 3.63) is 0 Å². The van der Waals surface area contributed by atoms with Crippen LogP contribution in [0, 0.1) is 11.8 Å². The molecule has 3 nitrogen and oxygen atoms in total. The second kappa shape index (κ2) is 6.39. The standard InChI is InChI=1S/C14H26N2O/c1-11-4-2-3-5-12(11)10-15-9-8-14(17)16-13-6-7-13/h11-13,15H,2-10H2,1H3,(H,16,17). The van der Waals surface area contributed by atoms with Crippen molar-refractivity contribution in [1.82, 2.24) is 10.6 Å². The lowest BCUT2D eigenvalue weighted by Crippen LogP contribution is -2.33. The van der Waals surface area contributed by atoms with Crippen molar-refractivity contribution in [3.8, 4) is 0 Å². The summed E-state index contributed by atoms with van der Waals surface area (Å²) in [6, 6.07) is 0.501. The number of nitrogens with one attached hydrogen (secondary N) is 2. The third kappa shape index (κ3) is 4.66. The summed E-state index contributed by atoms with van der Waals surface area (Å²) >= 11 is 0. The monoisotopic (exact) mass is 238 g/mol. The number of carbonyl (C=O) groups excluding carboxylic acids is 1. The summed E-state index contributed by atoms with van der Waals surface area (Å²) in [4.78, 5) is 11.5. The van der Waals surface area contributed by atoms with Crippen LogP contribution in [0.4, 0.5) is 0 Å². The molecule has 2 unspecified atom stereocenters. The first kappa shape index (κ1) is 12.9. The van der Waals surface area contributed by atoms with Gasteiger partial charge >= 0.3 is 0 Å². The van der Waals surface area contributed by atoms with Gasteiger partial charge in [-0.2, -0.15) is 0 Å². The zero-order chi connectivity index (χ0) is 12.1. The molecule has 2 aliphatic rings. The SMILES string of the molecule is CC1CCCCC1CNCCC(=O)NC1CC1. The van der Waals surface area contributed by atoms with Gasteiger partial charge in [0, 0.05) is 19.0 Å². The number of hydrogen-bond acceptors (Lipinski definition) is 2. The fraction of sp³-hybridized carbons (Fsp3) is 0.929. The van der Waals surface area contributed by atoms with Crippen molar-refractivity contribution in [2.75, 3.05) is 13.1 Å². The van der Waals surface area contributed by atoms with Crippen LogP contribution < -0.4 is 10.6 Å². The molecule has 2 N–H and O–H groups in total. The Bertz CT molecular complexity index is 251. The van der Waals surface area contributed by atoms with Gasteiger partial charge in [-0.05, 0) is 37.6 Å². The van der Waals surface area contributed by atoms with Crippen LogP contribution in [0.5, 0.6) is 0 Å². The first-order chi connectivity index (χ1) is 8.25. The molecular formula is C14H26N2O. The molecule has 0 heterocycles.